The lowest BCUT2D eigenvalue weighted by molar-refractivity contribution is 0.282. The molecule has 0 aliphatic carbocycles. The molecule has 5 N–H and O–H groups in total. The van der Waals surface area contributed by atoms with Crippen LogP contribution < -0.4 is 15.8 Å². The molecule has 4 rings (SSSR count). The highest BCUT2D eigenvalue weighted by Crippen LogP contribution is 2.37. The lowest BCUT2D eigenvalue weighted by atomic mass is 9.83. The minimum atomic E-state index is 0.0415. The van der Waals surface area contributed by atoms with Crippen LogP contribution >= 0.6 is 11.9 Å². The molecular formula is C38H51N5OS. The maximum absolute atomic E-state index is 5.89. The number of anilines is 1. The maximum Gasteiger partial charge on any atom is 0.134 e. The third kappa shape index (κ3) is 11.1. The smallest absolute Gasteiger partial charge is 0.134 e. The molecule has 1 heterocycles. The van der Waals surface area contributed by atoms with Crippen molar-refractivity contribution >= 4 is 34.7 Å². The largest absolute Gasteiger partial charge is 0.498 e. The van der Waals surface area contributed by atoms with Crippen LogP contribution in [-0.4, -0.2) is 31.2 Å². The number of nitrogens with zero attached hydrogens (tertiary/aromatic N) is 1. The predicted octanol–water partition coefficient (Wildman–Crippen LogP) is 9.32. The van der Waals surface area contributed by atoms with Crippen molar-refractivity contribution in [1.82, 2.24) is 9.71 Å². The summed E-state index contributed by atoms with van der Waals surface area (Å²) in [5, 5.41) is 12.0. The Morgan fingerprint density at radius 3 is 2.13 bits per heavy atom. The number of rotatable bonds is 11. The number of hydrogen-bond acceptors (Lipinski definition) is 6. The van der Waals surface area contributed by atoms with E-state index in [1.54, 1.807) is 19.1 Å². The van der Waals surface area contributed by atoms with E-state index < -0.39 is 0 Å². The van der Waals surface area contributed by atoms with Gasteiger partial charge >= 0.3 is 0 Å². The van der Waals surface area contributed by atoms with Crippen molar-refractivity contribution in [1.29, 1.82) is 5.41 Å². The molecule has 1 atom stereocenters. The topological polar surface area (TPSA) is 96.0 Å². The molecule has 1 aromatic heterocycles. The number of allylic oxidation sites excluding steroid dienone is 2. The van der Waals surface area contributed by atoms with Gasteiger partial charge in [-0.2, -0.15) is 0 Å². The summed E-state index contributed by atoms with van der Waals surface area (Å²) in [5.74, 6) is 1.06. The second-order valence-corrected chi connectivity index (χ2v) is 11.9. The quantitative estimate of drug-likeness (QED) is 0.0436. The second kappa shape index (κ2) is 19.3. The summed E-state index contributed by atoms with van der Waals surface area (Å²) in [6.07, 6.45) is 9.69. The molecule has 45 heavy (non-hydrogen) atoms. The van der Waals surface area contributed by atoms with E-state index in [1.165, 1.54) is 33.0 Å². The van der Waals surface area contributed by atoms with Crippen molar-refractivity contribution in [2.45, 2.75) is 53.9 Å². The Morgan fingerprint density at radius 1 is 0.956 bits per heavy atom. The van der Waals surface area contributed by atoms with Gasteiger partial charge < -0.3 is 15.8 Å². The molecule has 0 aliphatic heterocycles. The van der Waals surface area contributed by atoms with Gasteiger partial charge in [-0.3, -0.25) is 15.1 Å². The van der Waals surface area contributed by atoms with E-state index in [1.807, 2.05) is 32.5 Å². The molecule has 3 aromatic carbocycles. The average Bonchev–Trinajstić information content (AvgIpc) is 3.06. The summed E-state index contributed by atoms with van der Waals surface area (Å²) in [5.41, 5.74) is 11.6. The molecule has 0 saturated heterocycles. The summed E-state index contributed by atoms with van der Waals surface area (Å²) in [6, 6.07) is 28.2. The van der Waals surface area contributed by atoms with Gasteiger partial charge in [-0.25, -0.2) is 0 Å². The second-order valence-electron chi connectivity index (χ2n) is 11.2. The molecule has 0 radical (unpaired) electrons. The number of nitrogens with two attached hydrogens (primary N) is 1. The Bertz CT molecular complexity index is 1510. The van der Waals surface area contributed by atoms with Crippen LogP contribution in [0, 0.1) is 10.8 Å². The summed E-state index contributed by atoms with van der Waals surface area (Å²) < 4.78 is 9.23. The van der Waals surface area contributed by atoms with Gasteiger partial charge in [0, 0.05) is 29.4 Å². The van der Waals surface area contributed by atoms with Crippen LogP contribution in [0.25, 0.3) is 10.8 Å². The highest BCUT2D eigenvalue weighted by Gasteiger charge is 2.20. The first-order valence-electron chi connectivity index (χ1n) is 15.4. The van der Waals surface area contributed by atoms with Crippen LogP contribution in [0.2, 0.25) is 0 Å². The number of benzene rings is 3. The van der Waals surface area contributed by atoms with Crippen molar-refractivity contribution < 1.29 is 4.74 Å². The van der Waals surface area contributed by atoms with E-state index in [9.17, 15) is 0 Å². The first kappa shape index (κ1) is 37.1. The minimum absolute atomic E-state index is 0.0415. The van der Waals surface area contributed by atoms with Crippen LogP contribution in [-0.2, 0) is 11.2 Å². The number of nitrogens with one attached hydrogen (secondary N) is 3. The first-order valence-corrected chi connectivity index (χ1v) is 16.6. The van der Waals surface area contributed by atoms with Crippen LogP contribution in [0.5, 0.6) is 0 Å². The average molecular weight is 626 g/mol. The van der Waals surface area contributed by atoms with Crippen molar-refractivity contribution in [2.75, 3.05) is 25.2 Å². The standard InChI is InChI=1S/C35H41N3OS.C2H6.CH4N2/c1-25(35(2,3)4)22-33(34(39-5)24-37-40-6)38-32-17-16-29(28-14-10-11-15-30(28)32)31(27-18-20-36-21-19-27)23-26-12-8-7-9-13-26;1-2;2-1-3/h7-22,31,37-38H,23-24H2,1-6H3;1-2H3;1H,(H3,2,3)/b25-22+,34-33-;;. The molecule has 0 bridgehead atoms. The molecule has 6 nitrogen and oxygen atoms in total. The first-order chi connectivity index (χ1) is 21.7. The van der Waals surface area contributed by atoms with E-state index in [-0.39, 0.29) is 11.3 Å². The van der Waals surface area contributed by atoms with Crippen molar-refractivity contribution in [3.63, 3.8) is 0 Å². The molecule has 0 amide bonds. The third-order valence-electron chi connectivity index (χ3n) is 7.46. The summed E-state index contributed by atoms with van der Waals surface area (Å²) in [4.78, 5) is 4.29. The summed E-state index contributed by atoms with van der Waals surface area (Å²) >= 11 is 1.58. The Hall–Kier alpha value is -4.07. The van der Waals surface area contributed by atoms with E-state index in [0.717, 1.165) is 29.9 Å². The van der Waals surface area contributed by atoms with E-state index in [2.05, 4.69) is 133 Å². The number of ether oxygens (including phenoxy) is 1. The molecule has 240 valence electrons. The Kier molecular flexibility index (Phi) is 16.0. The maximum atomic E-state index is 5.89. The number of methoxy groups -OCH3 is 1. The Balaban J connectivity index is 0.00000133. The van der Waals surface area contributed by atoms with Gasteiger partial charge in [-0.1, -0.05) is 113 Å². The molecular weight excluding hydrogens is 575 g/mol. The van der Waals surface area contributed by atoms with E-state index in [0.29, 0.717) is 6.54 Å². The number of aromatic nitrogens is 1. The molecule has 0 aliphatic rings. The van der Waals surface area contributed by atoms with E-state index >= 15 is 0 Å². The third-order valence-corrected chi connectivity index (χ3v) is 7.89. The van der Waals surface area contributed by atoms with Gasteiger partial charge in [0.1, 0.15) is 5.76 Å². The van der Waals surface area contributed by atoms with Crippen molar-refractivity contribution in [3.05, 3.63) is 131 Å². The van der Waals surface area contributed by atoms with Crippen LogP contribution in [0.4, 0.5) is 5.69 Å². The zero-order valence-electron chi connectivity index (χ0n) is 28.1. The van der Waals surface area contributed by atoms with E-state index in [4.69, 9.17) is 10.1 Å². The summed E-state index contributed by atoms with van der Waals surface area (Å²) in [6.45, 7) is 13.5. The molecule has 4 aromatic rings. The highest BCUT2D eigenvalue weighted by molar-refractivity contribution is 7.96. The molecule has 0 fully saturated rings. The lowest BCUT2D eigenvalue weighted by Crippen LogP contribution is -2.16. The van der Waals surface area contributed by atoms with Gasteiger partial charge in [0.15, 0.2) is 0 Å². The molecule has 0 saturated carbocycles. The SMILES string of the molecule is CC.CO/C(CNSC)=C(/C=C(\C)C(C)(C)C)Nc1ccc(C(Cc2ccccc2)c2ccncc2)c2ccccc12.N=CN. The number of fused-ring (bicyclic) bond motifs is 1. The fraction of sp³-hybridized carbons (Fsp3) is 0.316. The molecule has 7 heteroatoms. The van der Waals surface area contributed by atoms with Crippen molar-refractivity contribution in [3.8, 4) is 0 Å². The monoisotopic (exact) mass is 625 g/mol. The van der Waals surface area contributed by atoms with Gasteiger partial charge in [0.05, 0.1) is 25.7 Å². The number of hydrogen-bond donors (Lipinski definition) is 4. The zero-order valence-corrected chi connectivity index (χ0v) is 29.0. The predicted molar refractivity (Wildman–Crippen MR) is 197 cm³/mol. The van der Waals surface area contributed by atoms with Gasteiger partial charge in [-0.15, -0.1) is 0 Å². The van der Waals surface area contributed by atoms with Gasteiger partial charge in [-0.05, 0) is 71.4 Å². The summed E-state index contributed by atoms with van der Waals surface area (Å²) in [7, 11) is 1.74. The molecule has 1 unspecified atom stereocenters. The fourth-order valence-corrected chi connectivity index (χ4v) is 5.04. The van der Waals surface area contributed by atoms with Crippen LogP contribution in [0.15, 0.2) is 114 Å². The Morgan fingerprint density at radius 2 is 1.56 bits per heavy atom. The normalized spacial score (nSPS) is 12.5. The molecule has 0 spiro atoms. The minimum Gasteiger partial charge on any atom is -0.498 e. The van der Waals surface area contributed by atoms with Gasteiger partial charge in [0.2, 0.25) is 0 Å². The zero-order chi connectivity index (χ0) is 33.2. The van der Waals surface area contributed by atoms with Crippen molar-refractivity contribution in [2.24, 2.45) is 11.1 Å². The Labute approximate surface area is 275 Å². The van der Waals surface area contributed by atoms with Gasteiger partial charge in [0.25, 0.3) is 0 Å². The van der Waals surface area contributed by atoms with Crippen LogP contribution in [0.1, 0.15) is 64.2 Å². The highest BCUT2D eigenvalue weighted by atomic mass is 32.2. The van der Waals surface area contributed by atoms with Crippen LogP contribution in [0.3, 0.4) is 0 Å². The number of pyridine rings is 1. The lowest BCUT2D eigenvalue weighted by Gasteiger charge is -2.24. The fourth-order valence-electron chi connectivity index (χ4n) is 4.77.